The van der Waals surface area contributed by atoms with Gasteiger partial charge in [-0.15, -0.1) is 0 Å². The van der Waals surface area contributed by atoms with Gasteiger partial charge in [0, 0.05) is 11.6 Å². The summed E-state index contributed by atoms with van der Waals surface area (Å²) in [7, 11) is 1.61. The standard InChI is InChI=1S/C21H17N3O3/c1-26-18-10-7-15(8-11-18)14-27-19-12-9-17(13-22)20(23-19)24-21(25)16-5-3-2-4-6-16/h2-12H,14H2,1H3,(H,23,24,25). The van der Waals surface area contributed by atoms with Crippen LogP contribution < -0.4 is 14.8 Å². The maximum Gasteiger partial charge on any atom is 0.256 e. The van der Waals surface area contributed by atoms with Gasteiger partial charge in [-0.25, -0.2) is 0 Å². The summed E-state index contributed by atoms with van der Waals surface area (Å²) in [4.78, 5) is 16.6. The van der Waals surface area contributed by atoms with E-state index in [1.54, 1.807) is 43.5 Å². The number of ether oxygens (including phenoxy) is 2. The molecule has 6 heteroatoms. The monoisotopic (exact) mass is 359 g/mol. The number of anilines is 1. The van der Waals surface area contributed by atoms with Crippen molar-refractivity contribution in [3.05, 3.63) is 83.4 Å². The Morgan fingerprint density at radius 2 is 1.81 bits per heavy atom. The van der Waals surface area contributed by atoms with E-state index in [2.05, 4.69) is 10.3 Å². The molecule has 1 amide bonds. The van der Waals surface area contributed by atoms with E-state index in [4.69, 9.17) is 9.47 Å². The number of aromatic nitrogens is 1. The number of amides is 1. The van der Waals surface area contributed by atoms with Gasteiger partial charge in [-0.1, -0.05) is 30.3 Å². The Hall–Kier alpha value is -3.85. The quantitative estimate of drug-likeness (QED) is 0.724. The van der Waals surface area contributed by atoms with Crippen molar-refractivity contribution in [2.75, 3.05) is 12.4 Å². The number of carbonyl (C=O) groups is 1. The highest BCUT2D eigenvalue weighted by Gasteiger charge is 2.12. The summed E-state index contributed by atoms with van der Waals surface area (Å²) in [5.74, 6) is 0.903. The van der Waals surface area contributed by atoms with E-state index in [0.717, 1.165) is 11.3 Å². The minimum absolute atomic E-state index is 0.165. The highest BCUT2D eigenvalue weighted by atomic mass is 16.5. The van der Waals surface area contributed by atoms with Crippen molar-refractivity contribution in [3.8, 4) is 17.7 Å². The molecular formula is C21H17N3O3. The van der Waals surface area contributed by atoms with E-state index in [0.29, 0.717) is 18.1 Å². The molecule has 1 N–H and O–H groups in total. The molecule has 6 nitrogen and oxygen atoms in total. The summed E-state index contributed by atoms with van der Waals surface area (Å²) < 4.78 is 10.8. The van der Waals surface area contributed by atoms with Gasteiger partial charge < -0.3 is 14.8 Å². The van der Waals surface area contributed by atoms with E-state index in [1.165, 1.54) is 0 Å². The zero-order chi connectivity index (χ0) is 19.1. The first-order valence-electron chi connectivity index (χ1n) is 8.23. The lowest BCUT2D eigenvalue weighted by atomic mass is 10.2. The first kappa shape index (κ1) is 18.0. The van der Waals surface area contributed by atoms with Gasteiger partial charge in [-0.05, 0) is 35.9 Å². The number of nitrogens with zero attached hydrogens (tertiary/aromatic N) is 2. The SMILES string of the molecule is COc1ccc(COc2ccc(C#N)c(NC(=O)c3ccccc3)n2)cc1. The van der Waals surface area contributed by atoms with Crippen LogP contribution in [0.3, 0.4) is 0 Å². The molecule has 3 aromatic rings. The van der Waals surface area contributed by atoms with Crippen molar-refractivity contribution >= 4 is 11.7 Å². The molecule has 134 valence electrons. The smallest absolute Gasteiger partial charge is 0.256 e. The van der Waals surface area contributed by atoms with Gasteiger partial charge in [0.15, 0.2) is 5.82 Å². The number of hydrogen-bond acceptors (Lipinski definition) is 5. The Bertz CT molecular complexity index is 964. The molecule has 1 aromatic heterocycles. The molecule has 0 atom stereocenters. The molecule has 0 fully saturated rings. The molecule has 0 unspecified atom stereocenters. The summed E-state index contributed by atoms with van der Waals surface area (Å²) in [6.45, 7) is 0.301. The van der Waals surface area contributed by atoms with Crippen LogP contribution in [0.2, 0.25) is 0 Å². The van der Waals surface area contributed by atoms with Crippen LogP contribution in [0.15, 0.2) is 66.7 Å². The molecule has 0 bridgehead atoms. The second-order valence-electron chi connectivity index (χ2n) is 5.61. The van der Waals surface area contributed by atoms with Crippen LogP contribution in [0.5, 0.6) is 11.6 Å². The minimum Gasteiger partial charge on any atom is -0.497 e. The highest BCUT2D eigenvalue weighted by molar-refractivity contribution is 6.04. The molecule has 0 aliphatic heterocycles. The fourth-order valence-corrected chi connectivity index (χ4v) is 2.36. The molecule has 2 aromatic carbocycles. The molecule has 0 saturated heterocycles. The van der Waals surface area contributed by atoms with Crippen molar-refractivity contribution in [2.24, 2.45) is 0 Å². The van der Waals surface area contributed by atoms with E-state index in [-0.39, 0.29) is 17.3 Å². The Morgan fingerprint density at radius 1 is 1.07 bits per heavy atom. The van der Waals surface area contributed by atoms with Gasteiger partial charge in [0.2, 0.25) is 5.88 Å². The summed E-state index contributed by atoms with van der Waals surface area (Å²) in [6, 6.07) is 21.4. The largest absolute Gasteiger partial charge is 0.497 e. The minimum atomic E-state index is -0.341. The molecule has 0 radical (unpaired) electrons. The Kier molecular flexibility index (Phi) is 5.65. The van der Waals surface area contributed by atoms with Gasteiger partial charge in [0.05, 0.1) is 12.7 Å². The molecular weight excluding hydrogens is 342 g/mol. The maximum atomic E-state index is 12.3. The predicted octanol–water partition coefficient (Wildman–Crippen LogP) is 3.79. The van der Waals surface area contributed by atoms with Gasteiger partial charge in [0.25, 0.3) is 5.91 Å². The fourth-order valence-electron chi connectivity index (χ4n) is 2.36. The van der Waals surface area contributed by atoms with Crippen LogP contribution in [0, 0.1) is 11.3 Å². The second-order valence-corrected chi connectivity index (χ2v) is 5.61. The lowest BCUT2D eigenvalue weighted by Gasteiger charge is -2.10. The lowest BCUT2D eigenvalue weighted by molar-refractivity contribution is 0.102. The molecule has 0 aliphatic rings. The average molecular weight is 359 g/mol. The number of nitrogens with one attached hydrogen (secondary N) is 1. The Morgan fingerprint density at radius 3 is 2.48 bits per heavy atom. The van der Waals surface area contributed by atoms with Crippen LogP contribution in [-0.4, -0.2) is 18.0 Å². The summed E-state index contributed by atoms with van der Waals surface area (Å²) in [5.41, 5.74) is 1.68. The molecule has 1 heterocycles. The normalized spacial score (nSPS) is 9.93. The average Bonchev–Trinajstić information content (AvgIpc) is 2.73. The number of methoxy groups -OCH3 is 1. The number of carbonyl (C=O) groups excluding carboxylic acids is 1. The van der Waals surface area contributed by atoms with Gasteiger partial charge in [-0.3, -0.25) is 4.79 Å². The summed E-state index contributed by atoms with van der Waals surface area (Å²) in [6.07, 6.45) is 0. The number of nitriles is 1. The first-order valence-corrected chi connectivity index (χ1v) is 8.23. The molecule has 0 saturated carbocycles. The van der Waals surface area contributed by atoms with Crippen LogP contribution in [-0.2, 0) is 6.61 Å². The van der Waals surface area contributed by atoms with Crippen LogP contribution >= 0.6 is 0 Å². The highest BCUT2D eigenvalue weighted by Crippen LogP contribution is 2.20. The third kappa shape index (κ3) is 4.61. The third-order valence-electron chi connectivity index (χ3n) is 3.80. The number of benzene rings is 2. The van der Waals surface area contributed by atoms with Crippen LogP contribution in [0.1, 0.15) is 21.5 Å². The third-order valence-corrected chi connectivity index (χ3v) is 3.80. The van der Waals surface area contributed by atoms with Crippen molar-refractivity contribution in [1.82, 2.24) is 4.98 Å². The first-order chi connectivity index (χ1) is 13.2. The number of pyridine rings is 1. The predicted molar refractivity (Wildman–Crippen MR) is 101 cm³/mol. The maximum absolute atomic E-state index is 12.3. The van der Waals surface area contributed by atoms with E-state index < -0.39 is 0 Å². The van der Waals surface area contributed by atoms with Crippen molar-refractivity contribution in [3.63, 3.8) is 0 Å². The van der Waals surface area contributed by atoms with Crippen LogP contribution in [0.25, 0.3) is 0 Å². The molecule has 3 rings (SSSR count). The lowest BCUT2D eigenvalue weighted by Crippen LogP contribution is -2.14. The summed E-state index contributed by atoms with van der Waals surface area (Å²) in [5, 5.41) is 11.9. The second kappa shape index (κ2) is 8.50. The van der Waals surface area contributed by atoms with E-state index >= 15 is 0 Å². The topological polar surface area (TPSA) is 84.2 Å². The number of rotatable bonds is 6. The van der Waals surface area contributed by atoms with Gasteiger partial charge in [-0.2, -0.15) is 10.2 Å². The van der Waals surface area contributed by atoms with Crippen molar-refractivity contribution in [2.45, 2.75) is 6.61 Å². The zero-order valence-electron chi connectivity index (χ0n) is 14.7. The zero-order valence-corrected chi connectivity index (χ0v) is 14.7. The van der Waals surface area contributed by atoms with Gasteiger partial charge >= 0.3 is 0 Å². The van der Waals surface area contributed by atoms with Crippen LogP contribution in [0.4, 0.5) is 5.82 Å². The Balaban J connectivity index is 1.72. The van der Waals surface area contributed by atoms with Gasteiger partial charge in [0.1, 0.15) is 18.4 Å². The Labute approximate surface area is 157 Å². The van der Waals surface area contributed by atoms with Crippen molar-refractivity contribution < 1.29 is 14.3 Å². The fraction of sp³-hybridized carbons (Fsp3) is 0.0952. The van der Waals surface area contributed by atoms with E-state index in [1.807, 2.05) is 36.4 Å². The summed E-state index contributed by atoms with van der Waals surface area (Å²) >= 11 is 0. The molecule has 0 spiro atoms. The van der Waals surface area contributed by atoms with Crippen molar-refractivity contribution in [1.29, 1.82) is 5.26 Å². The molecule has 27 heavy (non-hydrogen) atoms. The molecule has 0 aliphatic carbocycles. The number of hydrogen-bond donors (Lipinski definition) is 1. The van der Waals surface area contributed by atoms with E-state index in [9.17, 15) is 10.1 Å².